The molecule has 0 saturated carbocycles. The maximum Gasteiger partial charge on any atom is 0.195 e. The summed E-state index contributed by atoms with van der Waals surface area (Å²) >= 11 is 1.79. The van der Waals surface area contributed by atoms with Gasteiger partial charge in [0.1, 0.15) is 5.52 Å². The summed E-state index contributed by atoms with van der Waals surface area (Å²) in [5, 5.41) is 2.11. The Labute approximate surface area is 109 Å². The highest BCUT2D eigenvalue weighted by molar-refractivity contribution is 7.09. The molecular weight excluding hydrogens is 244 g/mol. The molecule has 1 aromatic carbocycles. The number of para-hydroxylation sites is 1. The summed E-state index contributed by atoms with van der Waals surface area (Å²) in [4.78, 5) is 5.85. The van der Waals surface area contributed by atoms with Gasteiger partial charge in [-0.3, -0.25) is 0 Å². The van der Waals surface area contributed by atoms with Gasteiger partial charge in [-0.15, -0.1) is 11.3 Å². The zero-order chi connectivity index (χ0) is 12.4. The van der Waals surface area contributed by atoms with Gasteiger partial charge in [0.25, 0.3) is 0 Å². The van der Waals surface area contributed by atoms with Crippen LogP contribution in [0.25, 0.3) is 11.1 Å². The van der Waals surface area contributed by atoms with E-state index in [0.29, 0.717) is 5.69 Å². The second-order valence-corrected chi connectivity index (χ2v) is 5.27. The highest BCUT2D eigenvalue weighted by atomic mass is 32.1. The molecule has 0 radical (unpaired) electrons. The molecule has 0 saturated heterocycles. The number of hydrogen-bond acceptors (Lipinski definition) is 4. The maximum atomic E-state index is 5.85. The van der Waals surface area contributed by atoms with Crippen LogP contribution in [0, 0.1) is 0 Å². The number of hydrogen-bond donors (Lipinski definition) is 1. The molecule has 4 heteroatoms. The van der Waals surface area contributed by atoms with Crippen LogP contribution >= 0.6 is 11.3 Å². The van der Waals surface area contributed by atoms with Gasteiger partial charge in [0.2, 0.25) is 0 Å². The van der Waals surface area contributed by atoms with Crippen molar-refractivity contribution in [3.8, 4) is 0 Å². The molecule has 0 aliphatic rings. The largest absolute Gasteiger partial charge is 0.441 e. The molecule has 0 amide bonds. The molecule has 0 spiro atoms. The van der Waals surface area contributed by atoms with Crippen molar-refractivity contribution < 1.29 is 4.42 Å². The number of benzene rings is 1. The third kappa shape index (κ3) is 2.24. The van der Waals surface area contributed by atoms with Crippen molar-refractivity contribution in [3.05, 3.63) is 46.5 Å². The van der Waals surface area contributed by atoms with Gasteiger partial charge in [0.15, 0.2) is 11.5 Å². The summed E-state index contributed by atoms with van der Waals surface area (Å²) in [7, 11) is 0. The lowest BCUT2D eigenvalue weighted by Gasteiger charge is -1.94. The number of nitrogen functional groups attached to an aromatic ring is 1. The van der Waals surface area contributed by atoms with Crippen molar-refractivity contribution in [2.75, 3.05) is 5.73 Å². The SMILES string of the molecule is Nc1cccc2oc(CCCc3cccs3)nc12. The van der Waals surface area contributed by atoms with Crippen LogP contribution in [0.2, 0.25) is 0 Å². The van der Waals surface area contributed by atoms with Crippen molar-refractivity contribution in [1.29, 1.82) is 0 Å². The fourth-order valence-corrected chi connectivity index (χ4v) is 2.74. The predicted octanol–water partition coefficient (Wildman–Crippen LogP) is 3.65. The Bertz CT molecular complexity index is 643. The molecule has 92 valence electrons. The molecule has 18 heavy (non-hydrogen) atoms. The molecule has 0 bridgehead atoms. The van der Waals surface area contributed by atoms with E-state index >= 15 is 0 Å². The monoisotopic (exact) mass is 258 g/mol. The Morgan fingerprint density at radius 1 is 1.17 bits per heavy atom. The zero-order valence-electron chi connectivity index (χ0n) is 9.93. The lowest BCUT2D eigenvalue weighted by molar-refractivity contribution is 0.520. The van der Waals surface area contributed by atoms with E-state index in [2.05, 4.69) is 22.5 Å². The van der Waals surface area contributed by atoms with E-state index in [1.165, 1.54) is 4.88 Å². The molecule has 0 atom stereocenters. The first kappa shape index (κ1) is 11.3. The van der Waals surface area contributed by atoms with Crippen molar-refractivity contribution >= 4 is 28.1 Å². The summed E-state index contributed by atoms with van der Waals surface area (Å²) < 4.78 is 5.68. The minimum atomic E-state index is 0.681. The highest BCUT2D eigenvalue weighted by Gasteiger charge is 2.07. The number of anilines is 1. The minimum absolute atomic E-state index is 0.681. The molecule has 0 unspecified atom stereocenters. The van der Waals surface area contributed by atoms with Crippen LogP contribution in [0.3, 0.4) is 0 Å². The highest BCUT2D eigenvalue weighted by Crippen LogP contribution is 2.22. The molecule has 3 nitrogen and oxygen atoms in total. The number of nitrogens with zero attached hydrogens (tertiary/aromatic N) is 1. The molecule has 3 rings (SSSR count). The van der Waals surface area contributed by atoms with Crippen molar-refractivity contribution in [2.24, 2.45) is 0 Å². The molecule has 2 heterocycles. The van der Waals surface area contributed by atoms with Gasteiger partial charge in [-0.2, -0.15) is 0 Å². The molecule has 0 aliphatic heterocycles. The van der Waals surface area contributed by atoms with E-state index < -0.39 is 0 Å². The third-order valence-corrected chi connectivity index (χ3v) is 3.82. The fraction of sp³-hybridized carbons (Fsp3) is 0.214. The number of fused-ring (bicyclic) bond motifs is 1. The smallest absolute Gasteiger partial charge is 0.195 e. The summed E-state index contributed by atoms with van der Waals surface area (Å²) in [5.41, 5.74) is 8.10. The van der Waals surface area contributed by atoms with Gasteiger partial charge in [0, 0.05) is 11.3 Å². The zero-order valence-corrected chi connectivity index (χ0v) is 10.7. The Hall–Kier alpha value is -1.81. The van der Waals surface area contributed by atoms with E-state index in [1.54, 1.807) is 11.3 Å². The Morgan fingerprint density at radius 3 is 2.89 bits per heavy atom. The fourth-order valence-electron chi connectivity index (χ4n) is 1.99. The molecule has 0 fully saturated rings. The average molecular weight is 258 g/mol. The molecule has 2 aromatic heterocycles. The number of thiophene rings is 1. The van der Waals surface area contributed by atoms with Gasteiger partial charge < -0.3 is 10.2 Å². The first-order valence-electron chi connectivity index (χ1n) is 5.99. The summed E-state index contributed by atoms with van der Waals surface area (Å²) in [6.45, 7) is 0. The first-order valence-corrected chi connectivity index (χ1v) is 6.87. The molecular formula is C14H14N2OS. The van der Waals surface area contributed by atoms with E-state index in [0.717, 1.165) is 36.3 Å². The van der Waals surface area contributed by atoms with Gasteiger partial charge in [-0.05, 0) is 36.4 Å². The number of rotatable bonds is 4. The van der Waals surface area contributed by atoms with Crippen LogP contribution < -0.4 is 5.73 Å². The Kier molecular flexibility index (Phi) is 3.02. The van der Waals surface area contributed by atoms with Crippen LogP contribution in [0.5, 0.6) is 0 Å². The van der Waals surface area contributed by atoms with E-state index in [-0.39, 0.29) is 0 Å². The normalized spacial score (nSPS) is 11.1. The van der Waals surface area contributed by atoms with E-state index in [4.69, 9.17) is 10.2 Å². The maximum absolute atomic E-state index is 5.85. The van der Waals surface area contributed by atoms with Crippen LogP contribution in [-0.2, 0) is 12.8 Å². The number of aromatic nitrogens is 1. The number of nitrogens with two attached hydrogens (primary N) is 1. The standard InChI is InChI=1S/C14H14N2OS/c15-11-6-2-7-12-14(11)16-13(17-12)8-1-4-10-5-3-9-18-10/h2-3,5-7,9H,1,4,8,15H2. The lowest BCUT2D eigenvalue weighted by atomic mass is 10.2. The number of oxazole rings is 1. The van der Waals surface area contributed by atoms with Gasteiger partial charge >= 0.3 is 0 Å². The summed E-state index contributed by atoms with van der Waals surface area (Å²) in [5.74, 6) is 0.777. The van der Waals surface area contributed by atoms with Crippen LogP contribution in [0.4, 0.5) is 5.69 Å². The third-order valence-electron chi connectivity index (χ3n) is 2.89. The van der Waals surface area contributed by atoms with Crippen molar-refractivity contribution in [2.45, 2.75) is 19.3 Å². The first-order chi connectivity index (χ1) is 8.83. The topological polar surface area (TPSA) is 52.0 Å². The predicted molar refractivity (Wildman–Crippen MR) is 74.8 cm³/mol. The van der Waals surface area contributed by atoms with Gasteiger partial charge in [-0.1, -0.05) is 12.1 Å². The van der Waals surface area contributed by atoms with Crippen molar-refractivity contribution in [1.82, 2.24) is 4.98 Å². The Balaban J connectivity index is 1.69. The van der Waals surface area contributed by atoms with Gasteiger partial charge in [-0.25, -0.2) is 4.98 Å². The Morgan fingerprint density at radius 2 is 2.11 bits per heavy atom. The summed E-state index contributed by atoms with van der Waals surface area (Å²) in [6.07, 6.45) is 2.98. The van der Waals surface area contributed by atoms with Crippen LogP contribution in [0.15, 0.2) is 40.1 Å². The molecule has 3 aromatic rings. The second kappa shape index (κ2) is 4.82. The van der Waals surface area contributed by atoms with Gasteiger partial charge in [0.05, 0.1) is 5.69 Å². The van der Waals surface area contributed by atoms with Crippen LogP contribution in [0.1, 0.15) is 17.2 Å². The average Bonchev–Trinajstić information content (AvgIpc) is 2.98. The number of aryl methyl sites for hydroxylation is 2. The van der Waals surface area contributed by atoms with E-state index in [9.17, 15) is 0 Å². The lowest BCUT2D eigenvalue weighted by Crippen LogP contribution is -1.89. The summed E-state index contributed by atoms with van der Waals surface area (Å²) in [6, 6.07) is 9.88. The molecule has 0 aliphatic carbocycles. The second-order valence-electron chi connectivity index (χ2n) is 4.23. The quantitative estimate of drug-likeness (QED) is 0.727. The van der Waals surface area contributed by atoms with E-state index in [1.807, 2.05) is 18.2 Å². The van der Waals surface area contributed by atoms with Crippen LogP contribution in [-0.4, -0.2) is 4.98 Å². The molecule has 2 N–H and O–H groups in total. The minimum Gasteiger partial charge on any atom is -0.441 e. The van der Waals surface area contributed by atoms with Crippen molar-refractivity contribution in [3.63, 3.8) is 0 Å².